The summed E-state index contributed by atoms with van der Waals surface area (Å²) in [5.74, 6) is 0.0375. The molecular weight excluding hydrogens is 396 g/mol. The number of thioether (sulfide) groups is 1. The van der Waals surface area contributed by atoms with Crippen LogP contribution in [0.25, 0.3) is 16.6 Å². The molecule has 6 nitrogen and oxygen atoms in total. The summed E-state index contributed by atoms with van der Waals surface area (Å²) in [6.07, 6.45) is 1.91. The molecule has 0 aliphatic heterocycles. The highest BCUT2D eigenvalue weighted by Crippen LogP contribution is 2.39. The van der Waals surface area contributed by atoms with Crippen molar-refractivity contribution in [2.24, 2.45) is 5.92 Å². The third-order valence-electron chi connectivity index (χ3n) is 5.39. The Morgan fingerprint density at radius 1 is 1.27 bits per heavy atom. The van der Waals surface area contributed by atoms with Crippen LogP contribution >= 0.6 is 11.8 Å². The van der Waals surface area contributed by atoms with Gasteiger partial charge in [0.25, 0.3) is 5.56 Å². The normalized spacial score (nSPS) is 15.4. The zero-order chi connectivity index (χ0) is 21.3. The fourth-order valence-electron chi connectivity index (χ4n) is 3.47. The first-order chi connectivity index (χ1) is 14.4. The molecule has 0 unspecified atom stereocenters. The number of rotatable bonds is 6. The van der Waals surface area contributed by atoms with E-state index < -0.39 is 5.54 Å². The van der Waals surface area contributed by atoms with Gasteiger partial charge in [0.05, 0.1) is 28.4 Å². The number of carbonyl (C=O) groups excluding carboxylic acids is 1. The van der Waals surface area contributed by atoms with Crippen LogP contribution in [0.3, 0.4) is 0 Å². The molecule has 4 rings (SSSR count). The second kappa shape index (κ2) is 7.96. The first-order valence-corrected chi connectivity index (χ1v) is 10.8. The summed E-state index contributed by atoms with van der Waals surface area (Å²) in [7, 11) is 0. The maximum absolute atomic E-state index is 13.2. The number of nitrogens with zero attached hydrogens (tertiary/aromatic N) is 3. The summed E-state index contributed by atoms with van der Waals surface area (Å²) in [4.78, 5) is 30.4. The summed E-state index contributed by atoms with van der Waals surface area (Å²) in [6.45, 7) is 3.75. The Morgan fingerprint density at radius 2 is 1.97 bits per heavy atom. The zero-order valence-corrected chi connectivity index (χ0v) is 17.7. The summed E-state index contributed by atoms with van der Waals surface area (Å²) in [5.41, 5.74) is 1.36. The van der Waals surface area contributed by atoms with Gasteiger partial charge in [0, 0.05) is 0 Å². The summed E-state index contributed by atoms with van der Waals surface area (Å²) in [6, 6.07) is 17.0. The van der Waals surface area contributed by atoms with E-state index in [-0.39, 0.29) is 23.1 Å². The van der Waals surface area contributed by atoms with E-state index in [1.165, 1.54) is 11.8 Å². The van der Waals surface area contributed by atoms with Crippen LogP contribution in [0.1, 0.15) is 25.3 Å². The van der Waals surface area contributed by atoms with Crippen molar-refractivity contribution in [1.82, 2.24) is 14.9 Å². The molecule has 0 bridgehead atoms. The van der Waals surface area contributed by atoms with Gasteiger partial charge in [0.15, 0.2) is 5.16 Å². The first kappa shape index (κ1) is 20.2. The molecule has 3 aromatic rings. The molecule has 1 amide bonds. The van der Waals surface area contributed by atoms with Crippen LogP contribution < -0.4 is 10.9 Å². The largest absolute Gasteiger partial charge is 0.337 e. The van der Waals surface area contributed by atoms with Crippen molar-refractivity contribution in [1.29, 1.82) is 5.26 Å². The Labute approximate surface area is 178 Å². The fraction of sp³-hybridized carbons (Fsp3) is 0.304. The predicted molar refractivity (Wildman–Crippen MR) is 118 cm³/mol. The number of aryl methyl sites for hydroxylation is 1. The average molecular weight is 419 g/mol. The second-order valence-corrected chi connectivity index (χ2v) is 8.76. The predicted octanol–water partition coefficient (Wildman–Crippen LogP) is 3.59. The Balaban J connectivity index is 1.66. The molecule has 1 atom stereocenters. The molecular formula is C23H22N4O2S. The van der Waals surface area contributed by atoms with Crippen molar-refractivity contribution in [2.75, 3.05) is 5.75 Å². The Kier molecular flexibility index (Phi) is 5.35. The smallest absolute Gasteiger partial charge is 0.266 e. The van der Waals surface area contributed by atoms with E-state index in [1.807, 2.05) is 43.3 Å². The number of fused-ring (bicyclic) bond motifs is 1. The minimum atomic E-state index is -0.842. The van der Waals surface area contributed by atoms with Gasteiger partial charge in [-0.05, 0) is 56.9 Å². The molecule has 1 heterocycles. The molecule has 0 spiro atoms. The molecule has 1 aromatic heterocycles. The zero-order valence-electron chi connectivity index (χ0n) is 16.9. The van der Waals surface area contributed by atoms with E-state index in [0.29, 0.717) is 21.7 Å². The number of hydrogen-bond acceptors (Lipinski definition) is 5. The highest BCUT2D eigenvalue weighted by Gasteiger charge is 2.42. The maximum atomic E-state index is 13.2. The van der Waals surface area contributed by atoms with Crippen molar-refractivity contribution in [3.8, 4) is 11.8 Å². The van der Waals surface area contributed by atoms with Gasteiger partial charge in [0.1, 0.15) is 5.54 Å². The Morgan fingerprint density at radius 3 is 2.63 bits per heavy atom. The molecule has 0 radical (unpaired) electrons. The SMILES string of the molecule is Cc1ccc(-n2c(SCC(=O)N[C@@](C)(C#N)C3CC3)nc3ccccc3c2=O)cc1. The van der Waals surface area contributed by atoms with Crippen LogP contribution in [-0.2, 0) is 4.79 Å². The quantitative estimate of drug-likeness (QED) is 0.488. The van der Waals surface area contributed by atoms with Crippen LogP contribution in [0.4, 0.5) is 0 Å². The number of nitrogens with one attached hydrogen (secondary N) is 1. The highest BCUT2D eigenvalue weighted by molar-refractivity contribution is 7.99. The number of amides is 1. The molecule has 1 aliphatic carbocycles. The molecule has 1 aliphatic rings. The fourth-order valence-corrected chi connectivity index (χ4v) is 4.28. The molecule has 30 heavy (non-hydrogen) atoms. The lowest BCUT2D eigenvalue weighted by Gasteiger charge is -2.22. The molecule has 1 fully saturated rings. The third-order valence-corrected chi connectivity index (χ3v) is 6.33. The first-order valence-electron chi connectivity index (χ1n) is 9.85. The van der Waals surface area contributed by atoms with Gasteiger partial charge < -0.3 is 5.32 Å². The number of carbonyl (C=O) groups is 1. The lowest BCUT2D eigenvalue weighted by molar-refractivity contribution is -0.119. The molecule has 1 N–H and O–H groups in total. The summed E-state index contributed by atoms with van der Waals surface area (Å²) in [5, 5.41) is 13.3. The monoisotopic (exact) mass is 418 g/mol. The van der Waals surface area contributed by atoms with Gasteiger partial charge >= 0.3 is 0 Å². The van der Waals surface area contributed by atoms with Gasteiger partial charge in [-0.15, -0.1) is 0 Å². The van der Waals surface area contributed by atoms with Crippen LogP contribution in [0.15, 0.2) is 58.5 Å². The minimum absolute atomic E-state index is 0.0701. The number of benzene rings is 2. The standard InChI is InChI=1S/C23H22N4O2S/c1-15-7-11-17(12-8-15)27-21(29)18-5-3-4-6-19(18)25-22(27)30-13-20(28)26-23(2,14-24)16-9-10-16/h3-8,11-12,16H,9-10,13H2,1-2H3,(H,26,28)/t23-/m0/s1. The Hall–Kier alpha value is -3.11. The van der Waals surface area contributed by atoms with E-state index in [9.17, 15) is 14.9 Å². The molecule has 152 valence electrons. The van der Waals surface area contributed by atoms with E-state index >= 15 is 0 Å². The van der Waals surface area contributed by atoms with Crippen molar-refractivity contribution in [2.45, 2.75) is 37.4 Å². The van der Waals surface area contributed by atoms with E-state index in [4.69, 9.17) is 0 Å². The Bertz CT molecular complexity index is 1210. The van der Waals surface area contributed by atoms with E-state index in [2.05, 4.69) is 16.4 Å². The van der Waals surface area contributed by atoms with Crippen LogP contribution in [0.2, 0.25) is 0 Å². The number of aromatic nitrogens is 2. The molecule has 7 heteroatoms. The van der Waals surface area contributed by atoms with E-state index in [0.717, 1.165) is 18.4 Å². The maximum Gasteiger partial charge on any atom is 0.266 e. The summed E-state index contributed by atoms with van der Waals surface area (Å²) >= 11 is 1.20. The van der Waals surface area contributed by atoms with Gasteiger partial charge in [-0.1, -0.05) is 41.6 Å². The second-order valence-electron chi connectivity index (χ2n) is 7.81. The van der Waals surface area contributed by atoms with E-state index in [1.54, 1.807) is 23.6 Å². The number of para-hydroxylation sites is 1. The molecule has 0 saturated heterocycles. The van der Waals surface area contributed by atoms with Crippen molar-refractivity contribution >= 4 is 28.6 Å². The van der Waals surface area contributed by atoms with Gasteiger partial charge in [-0.25, -0.2) is 4.98 Å². The topological polar surface area (TPSA) is 87.8 Å². The van der Waals surface area contributed by atoms with Crippen molar-refractivity contribution in [3.63, 3.8) is 0 Å². The number of nitriles is 1. The lowest BCUT2D eigenvalue weighted by Crippen LogP contribution is -2.47. The third kappa shape index (κ3) is 3.96. The summed E-state index contributed by atoms with van der Waals surface area (Å²) < 4.78 is 1.55. The van der Waals surface area contributed by atoms with Gasteiger partial charge in [0.2, 0.25) is 5.91 Å². The van der Waals surface area contributed by atoms with Crippen molar-refractivity contribution in [3.05, 3.63) is 64.4 Å². The van der Waals surface area contributed by atoms with Crippen LogP contribution in [0.5, 0.6) is 0 Å². The lowest BCUT2D eigenvalue weighted by atomic mass is 9.98. The van der Waals surface area contributed by atoms with Crippen molar-refractivity contribution < 1.29 is 4.79 Å². The van der Waals surface area contributed by atoms with Gasteiger partial charge in [-0.3, -0.25) is 14.2 Å². The molecule has 1 saturated carbocycles. The minimum Gasteiger partial charge on any atom is -0.337 e. The highest BCUT2D eigenvalue weighted by atomic mass is 32.2. The number of hydrogen-bond donors (Lipinski definition) is 1. The van der Waals surface area contributed by atoms with Crippen LogP contribution in [-0.4, -0.2) is 26.8 Å². The van der Waals surface area contributed by atoms with Gasteiger partial charge in [-0.2, -0.15) is 5.26 Å². The van der Waals surface area contributed by atoms with Crippen LogP contribution in [0, 0.1) is 24.2 Å². The average Bonchev–Trinajstić information content (AvgIpc) is 3.59. The molecule has 2 aromatic carbocycles.